The predicted octanol–water partition coefficient (Wildman–Crippen LogP) is 3.63. The van der Waals surface area contributed by atoms with Gasteiger partial charge in [-0.3, -0.25) is 4.79 Å². The minimum atomic E-state index is -0.221. The molecule has 2 N–H and O–H groups in total. The Bertz CT molecular complexity index is 671. The van der Waals surface area contributed by atoms with Crippen LogP contribution in [0.5, 0.6) is 5.75 Å². The van der Waals surface area contributed by atoms with Crippen molar-refractivity contribution in [2.75, 3.05) is 12.4 Å². The minimum Gasteiger partial charge on any atom is -0.496 e. The molecular formula is C18H21N3O2. The summed E-state index contributed by atoms with van der Waals surface area (Å²) in [4.78, 5) is 16.0. The molecular weight excluding hydrogens is 290 g/mol. The SMILES string of the molecule is COc1ccccc1[C@H](C)CC(=N)CC(=O)Nc1ccccn1. The molecule has 0 fully saturated rings. The first-order valence-corrected chi connectivity index (χ1v) is 7.50. The van der Waals surface area contributed by atoms with Gasteiger partial charge in [-0.25, -0.2) is 4.98 Å². The molecule has 23 heavy (non-hydrogen) atoms. The van der Waals surface area contributed by atoms with Gasteiger partial charge in [0.1, 0.15) is 11.6 Å². The number of rotatable bonds is 7. The predicted molar refractivity (Wildman–Crippen MR) is 91.2 cm³/mol. The number of hydrogen-bond donors (Lipinski definition) is 2. The Kier molecular flexibility index (Phi) is 5.86. The van der Waals surface area contributed by atoms with Crippen molar-refractivity contribution in [3.63, 3.8) is 0 Å². The Morgan fingerprint density at radius 3 is 2.70 bits per heavy atom. The summed E-state index contributed by atoms with van der Waals surface area (Å²) in [6.07, 6.45) is 2.19. The molecule has 1 amide bonds. The van der Waals surface area contributed by atoms with Crippen LogP contribution in [0.3, 0.4) is 0 Å². The van der Waals surface area contributed by atoms with Gasteiger partial charge in [-0.1, -0.05) is 31.2 Å². The normalized spacial score (nSPS) is 11.6. The fourth-order valence-electron chi connectivity index (χ4n) is 2.44. The highest BCUT2D eigenvalue weighted by molar-refractivity contribution is 6.05. The molecule has 1 atom stereocenters. The van der Waals surface area contributed by atoms with Crippen LogP contribution in [0.2, 0.25) is 0 Å². The van der Waals surface area contributed by atoms with Gasteiger partial charge in [-0.2, -0.15) is 0 Å². The van der Waals surface area contributed by atoms with E-state index in [9.17, 15) is 4.79 Å². The van der Waals surface area contributed by atoms with Crippen molar-refractivity contribution < 1.29 is 9.53 Å². The molecule has 2 aromatic rings. The molecule has 0 saturated heterocycles. The van der Waals surface area contributed by atoms with E-state index in [1.807, 2.05) is 31.2 Å². The van der Waals surface area contributed by atoms with Gasteiger partial charge in [0.15, 0.2) is 0 Å². The number of ether oxygens (including phenoxy) is 1. The Labute approximate surface area is 136 Å². The van der Waals surface area contributed by atoms with Crippen LogP contribution in [0.15, 0.2) is 48.7 Å². The van der Waals surface area contributed by atoms with Gasteiger partial charge in [-0.15, -0.1) is 0 Å². The standard InChI is InChI=1S/C18H21N3O2/c1-13(15-7-3-4-8-16(15)23-2)11-14(19)12-18(22)21-17-9-5-6-10-20-17/h3-10,13,19H,11-12H2,1-2H3,(H,20,21,22)/t13-/m1/s1. The Morgan fingerprint density at radius 2 is 2.00 bits per heavy atom. The molecule has 0 bridgehead atoms. The number of hydrogen-bond acceptors (Lipinski definition) is 4. The number of nitrogens with zero attached hydrogens (tertiary/aromatic N) is 1. The van der Waals surface area contributed by atoms with Crippen molar-refractivity contribution in [3.05, 3.63) is 54.2 Å². The van der Waals surface area contributed by atoms with Crippen molar-refractivity contribution in [3.8, 4) is 5.75 Å². The lowest BCUT2D eigenvalue weighted by Gasteiger charge is -2.16. The smallest absolute Gasteiger partial charge is 0.231 e. The van der Waals surface area contributed by atoms with Crippen LogP contribution in [0.25, 0.3) is 0 Å². The van der Waals surface area contributed by atoms with E-state index in [1.165, 1.54) is 0 Å². The second-order valence-electron chi connectivity index (χ2n) is 5.39. The van der Waals surface area contributed by atoms with Gasteiger partial charge < -0.3 is 15.5 Å². The first-order chi connectivity index (χ1) is 11.1. The summed E-state index contributed by atoms with van der Waals surface area (Å²) < 4.78 is 5.35. The maximum atomic E-state index is 11.9. The second kappa shape index (κ2) is 8.08. The van der Waals surface area contributed by atoms with Crippen LogP contribution in [0.1, 0.15) is 31.2 Å². The number of carbonyl (C=O) groups is 1. The zero-order valence-corrected chi connectivity index (χ0v) is 13.4. The summed E-state index contributed by atoms with van der Waals surface area (Å²) in [6.45, 7) is 2.03. The number of anilines is 1. The molecule has 0 radical (unpaired) electrons. The average Bonchev–Trinajstić information content (AvgIpc) is 2.55. The maximum Gasteiger partial charge on any atom is 0.231 e. The number of nitrogens with one attached hydrogen (secondary N) is 2. The summed E-state index contributed by atoms with van der Waals surface area (Å²) >= 11 is 0. The van der Waals surface area contributed by atoms with Gasteiger partial charge in [-0.05, 0) is 36.1 Å². The van der Waals surface area contributed by atoms with Gasteiger partial charge >= 0.3 is 0 Å². The highest BCUT2D eigenvalue weighted by Crippen LogP contribution is 2.28. The molecule has 2 rings (SSSR count). The molecule has 120 valence electrons. The van der Waals surface area contributed by atoms with E-state index < -0.39 is 0 Å². The number of pyridine rings is 1. The first kappa shape index (κ1) is 16.7. The monoisotopic (exact) mass is 311 g/mol. The molecule has 0 aliphatic rings. The van der Waals surface area contributed by atoms with Crippen LogP contribution in [0.4, 0.5) is 5.82 Å². The number of benzene rings is 1. The largest absolute Gasteiger partial charge is 0.496 e. The molecule has 0 spiro atoms. The van der Waals surface area contributed by atoms with Crippen molar-refractivity contribution in [1.29, 1.82) is 5.41 Å². The third-order valence-corrected chi connectivity index (χ3v) is 3.53. The van der Waals surface area contributed by atoms with Crippen LogP contribution >= 0.6 is 0 Å². The molecule has 0 aliphatic carbocycles. The number of methoxy groups -OCH3 is 1. The molecule has 0 saturated carbocycles. The first-order valence-electron chi connectivity index (χ1n) is 7.50. The van der Waals surface area contributed by atoms with Crippen molar-refractivity contribution in [2.45, 2.75) is 25.7 Å². The summed E-state index contributed by atoms with van der Waals surface area (Å²) in [7, 11) is 1.64. The van der Waals surface area contributed by atoms with E-state index in [0.717, 1.165) is 11.3 Å². The van der Waals surface area contributed by atoms with Crippen molar-refractivity contribution in [1.82, 2.24) is 4.98 Å². The van der Waals surface area contributed by atoms with E-state index in [2.05, 4.69) is 10.3 Å². The minimum absolute atomic E-state index is 0.0655. The number of para-hydroxylation sites is 1. The molecule has 5 nitrogen and oxygen atoms in total. The number of carbonyl (C=O) groups excluding carboxylic acids is 1. The lowest BCUT2D eigenvalue weighted by molar-refractivity contribution is -0.115. The topological polar surface area (TPSA) is 75.1 Å². The summed E-state index contributed by atoms with van der Waals surface area (Å²) in [5.74, 6) is 1.20. The zero-order chi connectivity index (χ0) is 16.7. The molecule has 1 aromatic carbocycles. The number of aromatic nitrogens is 1. The van der Waals surface area contributed by atoms with E-state index in [-0.39, 0.29) is 18.2 Å². The summed E-state index contributed by atoms with van der Waals surface area (Å²) in [6, 6.07) is 13.1. The Balaban J connectivity index is 1.90. The summed E-state index contributed by atoms with van der Waals surface area (Å²) in [5, 5.41) is 10.8. The quantitative estimate of drug-likeness (QED) is 0.767. The fourth-order valence-corrected chi connectivity index (χ4v) is 2.44. The van der Waals surface area contributed by atoms with E-state index in [0.29, 0.717) is 18.0 Å². The number of amides is 1. The van der Waals surface area contributed by atoms with Crippen LogP contribution in [-0.4, -0.2) is 23.7 Å². The van der Waals surface area contributed by atoms with Gasteiger partial charge in [0, 0.05) is 11.9 Å². The third kappa shape index (κ3) is 4.92. The summed E-state index contributed by atoms with van der Waals surface area (Å²) in [5.41, 5.74) is 1.43. The van der Waals surface area contributed by atoms with Gasteiger partial charge in [0.05, 0.1) is 13.5 Å². The van der Waals surface area contributed by atoms with Gasteiger partial charge in [0.25, 0.3) is 0 Å². The highest BCUT2D eigenvalue weighted by atomic mass is 16.5. The molecule has 0 aliphatic heterocycles. The lowest BCUT2D eigenvalue weighted by atomic mass is 9.93. The Morgan fingerprint density at radius 1 is 1.26 bits per heavy atom. The second-order valence-corrected chi connectivity index (χ2v) is 5.39. The van der Waals surface area contributed by atoms with Crippen LogP contribution in [-0.2, 0) is 4.79 Å². The molecule has 1 heterocycles. The van der Waals surface area contributed by atoms with E-state index in [1.54, 1.807) is 31.5 Å². The molecule has 0 unspecified atom stereocenters. The highest BCUT2D eigenvalue weighted by Gasteiger charge is 2.15. The molecule has 1 aromatic heterocycles. The van der Waals surface area contributed by atoms with E-state index >= 15 is 0 Å². The lowest BCUT2D eigenvalue weighted by Crippen LogP contribution is -2.17. The average molecular weight is 311 g/mol. The van der Waals surface area contributed by atoms with E-state index in [4.69, 9.17) is 10.1 Å². The van der Waals surface area contributed by atoms with Crippen molar-refractivity contribution in [2.24, 2.45) is 0 Å². The zero-order valence-electron chi connectivity index (χ0n) is 13.4. The maximum absolute atomic E-state index is 11.9. The fraction of sp³-hybridized carbons (Fsp3) is 0.278. The van der Waals surface area contributed by atoms with Gasteiger partial charge in [0.2, 0.25) is 5.91 Å². The van der Waals surface area contributed by atoms with Crippen LogP contribution < -0.4 is 10.1 Å². The van der Waals surface area contributed by atoms with Crippen LogP contribution in [0, 0.1) is 5.41 Å². The van der Waals surface area contributed by atoms with Crippen molar-refractivity contribution >= 4 is 17.4 Å². The molecule has 5 heteroatoms. The Hall–Kier alpha value is -2.69. The third-order valence-electron chi connectivity index (χ3n) is 3.53.